The first-order chi connectivity index (χ1) is 9.41. The normalized spacial score (nSPS) is 30.3. The predicted octanol–water partition coefficient (Wildman–Crippen LogP) is -0.521. The van der Waals surface area contributed by atoms with E-state index < -0.39 is 9.84 Å². The van der Waals surface area contributed by atoms with Gasteiger partial charge in [0, 0.05) is 19.1 Å². The summed E-state index contributed by atoms with van der Waals surface area (Å²) in [4.78, 5) is 16.0. The Balaban J connectivity index is 1.92. The summed E-state index contributed by atoms with van der Waals surface area (Å²) in [5, 5.41) is 9.62. The van der Waals surface area contributed by atoms with Gasteiger partial charge in [0.15, 0.2) is 9.84 Å². The fraction of sp³-hybridized carbons (Fsp3) is 0.923. The van der Waals surface area contributed by atoms with Crippen LogP contribution >= 0.6 is 0 Å². The van der Waals surface area contributed by atoms with Gasteiger partial charge in [-0.05, 0) is 32.7 Å². The number of carbonyl (C=O) groups excluding carboxylic acids is 1. The van der Waals surface area contributed by atoms with Gasteiger partial charge < -0.3 is 10.0 Å². The number of sulfone groups is 1. The number of carbonyl (C=O) groups is 1. The maximum atomic E-state index is 12.4. The zero-order valence-corrected chi connectivity index (χ0v) is 12.8. The van der Waals surface area contributed by atoms with Crippen molar-refractivity contribution in [3.8, 4) is 0 Å². The molecule has 20 heavy (non-hydrogen) atoms. The monoisotopic (exact) mass is 304 g/mol. The first-order valence-electron chi connectivity index (χ1n) is 7.31. The van der Waals surface area contributed by atoms with Crippen molar-refractivity contribution in [2.75, 3.05) is 37.7 Å². The lowest BCUT2D eigenvalue weighted by Crippen LogP contribution is -2.48. The highest BCUT2D eigenvalue weighted by Crippen LogP contribution is 2.18. The smallest absolute Gasteiger partial charge is 0.237 e. The zero-order valence-electron chi connectivity index (χ0n) is 12.0. The fourth-order valence-corrected chi connectivity index (χ4v) is 4.85. The van der Waals surface area contributed by atoms with Gasteiger partial charge in [0.1, 0.15) is 0 Å². The molecule has 0 spiro atoms. The topological polar surface area (TPSA) is 77.9 Å². The number of nitrogens with zero attached hydrogens (tertiary/aromatic N) is 2. The summed E-state index contributed by atoms with van der Waals surface area (Å²) in [6.45, 7) is 4.06. The number of likely N-dealkylation sites (N-methyl/N-ethyl adjacent to an activating group) is 1. The molecule has 0 radical (unpaired) electrons. The molecule has 6 nitrogen and oxygen atoms in total. The molecule has 0 bridgehead atoms. The minimum absolute atomic E-state index is 0.0244. The van der Waals surface area contributed by atoms with E-state index in [1.165, 1.54) is 0 Å². The Morgan fingerprint density at radius 2 is 2.15 bits per heavy atom. The number of hydrogen-bond donors (Lipinski definition) is 1. The van der Waals surface area contributed by atoms with Crippen molar-refractivity contribution in [1.82, 2.24) is 9.80 Å². The fourth-order valence-electron chi connectivity index (χ4n) is 3.12. The Kier molecular flexibility index (Phi) is 5.04. The van der Waals surface area contributed by atoms with Gasteiger partial charge in [-0.3, -0.25) is 9.69 Å². The molecule has 2 saturated heterocycles. The highest BCUT2D eigenvalue weighted by atomic mass is 32.2. The molecule has 0 aromatic heterocycles. The maximum Gasteiger partial charge on any atom is 0.237 e. The second-order valence-electron chi connectivity index (χ2n) is 5.77. The Labute approximate surface area is 120 Å². The number of piperidine rings is 1. The number of likely N-dealkylation sites (tertiary alicyclic amines) is 1. The number of aliphatic hydroxyl groups excluding tert-OH is 1. The van der Waals surface area contributed by atoms with Gasteiger partial charge in [-0.2, -0.15) is 0 Å². The summed E-state index contributed by atoms with van der Waals surface area (Å²) in [7, 11) is -2.97. The minimum atomic E-state index is -2.97. The highest BCUT2D eigenvalue weighted by molar-refractivity contribution is 7.91. The Hall–Kier alpha value is -0.660. The van der Waals surface area contributed by atoms with Crippen LogP contribution in [-0.2, 0) is 14.6 Å². The van der Waals surface area contributed by atoms with Gasteiger partial charge in [0.25, 0.3) is 0 Å². The summed E-state index contributed by atoms with van der Waals surface area (Å²) in [5.74, 6) is 0.253. The van der Waals surface area contributed by atoms with Gasteiger partial charge in [-0.25, -0.2) is 8.42 Å². The van der Waals surface area contributed by atoms with E-state index in [9.17, 15) is 18.3 Å². The molecule has 0 saturated carbocycles. The maximum absolute atomic E-state index is 12.4. The van der Waals surface area contributed by atoms with Crippen LogP contribution in [0, 0.1) is 0 Å². The minimum Gasteiger partial charge on any atom is -0.392 e. The van der Waals surface area contributed by atoms with E-state index in [1.807, 2.05) is 11.8 Å². The lowest BCUT2D eigenvalue weighted by molar-refractivity contribution is -0.134. The summed E-state index contributed by atoms with van der Waals surface area (Å²) in [6, 6.07) is -0.174. The third-order valence-electron chi connectivity index (χ3n) is 4.15. The van der Waals surface area contributed by atoms with Gasteiger partial charge in [-0.1, -0.05) is 0 Å². The standard InChI is InChI=1S/C13H24N2O4S/c1-2-15(11-5-7-20(18,19)10-11)13(17)9-14-6-3-4-12(16)8-14/h11-12,16H,2-10H2,1H3/t11?,12-/m0/s1. The second-order valence-corrected chi connectivity index (χ2v) is 8.00. The average Bonchev–Trinajstić information content (AvgIpc) is 2.70. The molecule has 2 aliphatic rings. The van der Waals surface area contributed by atoms with Crippen LogP contribution in [0.3, 0.4) is 0 Å². The summed E-state index contributed by atoms with van der Waals surface area (Å²) >= 11 is 0. The van der Waals surface area contributed by atoms with Crippen LogP contribution in [0.15, 0.2) is 0 Å². The van der Waals surface area contributed by atoms with Crippen molar-refractivity contribution in [2.45, 2.75) is 38.3 Å². The van der Waals surface area contributed by atoms with Crippen molar-refractivity contribution < 1.29 is 18.3 Å². The number of rotatable bonds is 4. The van der Waals surface area contributed by atoms with E-state index in [0.717, 1.165) is 19.4 Å². The molecule has 2 fully saturated rings. The zero-order chi connectivity index (χ0) is 14.8. The molecule has 2 aliphatic heterocycles. The predicted molar refractivity (Wildman–Crippen MR) is 76.1 cm³/mol. The summed E-state index contributed by atoms with van der Waals surface area (Å²) in [6.07, 6.45) is 1.89. The molecule has 0 aliphatic carbocycles. The Morgan fingerprint density at radius 1 is 1.40 bits per heavy atom. The van der Waals surface area contributed by atoms with Crippen molar-refractivity contribution in [2.24, 2.45) is 0 Å². The van der Waals surface area contributed by atoms with Crippen LogP contribution in [0.25, 0.3) is 0 Å². The van der Waals surface area contributed by atoms with Crippen molar-refractivity contribution >= 4 is 15.7 Å². The van der Waals surface area contributed by atoms with Crippen LogP contribution in [0.2, 0.25) is 0 Å². The van der Waals surface area contributed by atoms with Crippen molar-refractivity contribution in [3.63, 3.8) is 0 Å². The van der Waals surface area contributed by atoms with E-state index in [1.54, 1.807) is 4.90 Å². The summed E-state index contributed by atoms with van der Waals surface area (Å²) in [5.41, 5.74) is 0. The molecule has 0 aromatic rings. The molecule has 2 atom stereocenters. The Bertz CT molecular complexity index is 451. The largest absolute Gasteiger partial charge is 0.392 e. The van der Waals surface area contributed by atoms with E-state index in [2.05, 4.69) is 0 Å². The lowest BCUT2D eigenvalue weighted by atomic mass is 10.1. The summed E-state index contributed by atoms with van der Waals surface area (Å²) < 4.78 is 23.1. The molecule has 0 aromatic carbocycles. The van der Waals surface area contributed by atoms with E-state index >= 15 is 0 Å². The molecule has 2 heterocycles. The van der Waals surface area contributed by atoms with E-state index in [0.29, 0.717) is 19.5 Å². The quantitative estimate of drug-likeness (QED) is 0.756. The third-order valence-corrected chi connectivity index (χ3v) is 5.90. The molecule has 116 valence electrons. The van der Waals surface area contributed by atoms with E-state index in [4.69, 9.17) is 0 Å². The van der Waals surface area contributed by atoms with Gasteiger partial charge >= 0.3 is 0 Å². The number of β-amino-alcohol motifs (C(OH)–C–C–N with tert-alkyl or cyclic N) is 1. The van der Waals surface area contributed by atoms with Gasteiger partial charge in [0.2, 0.25) is 5.91 Å². The van der Waals surface area contributed by atoms with Crippen LogP contribution in [0.5, 0.6) is 0 Å². The average molecular weight is 304 g/mol. The third kappa shape index (κ3) is 3.93. The molecular weight excluding hydrogens is 280 g/mol. The molecule has 2 rings (SSSR count). The van der Waals surface area contributed by atoms with Gasteiger partial charge in [0.05, 0.1) is 24.2 Å². The van der Waals surface area contributed by atoms with Crippen LogP contribution in [0.1, 0.15) is 26.2 Å². The van der Waals surface area contributed by atoms with Crippen LogP contribution in [-0.4, -0.2) is 79.1 Å². The molecule has 1 unspecified atom stereocenters. The second kappa shape index (κ2) is 6.41. The number of hydrogen-bond acceptors (Lipinski definition) is 5. The number of amides is 1. The molecule has 1 amide bonds. The van der Waals surface area contributed by atoms with Crippen LogP contribution in [0.4, 0.5) is 0 Å². The first-order valence-corrected chi connectivity index (χ1v) is 9.13. The first kappa shape index (κ1) is 15.7. The van der Waals surface area contributed by atoms with Crippen molar-refractivity contribution in [3.05, 3.63) is 0 Å². The lowest BCUT2D eigenvalue weighted by Gasteiger charge is -2.33. The molecular formula is C13H24N2O4S. The molecule has 1 N–H and O–H groups in total. The van der Waals surface area contributed by atoms with Crippen LogP contribution < -0.4 is 0 Å². The highest BCUT2D eigenvalue weighted by Gasteiger charge is 2.34. The van der Waals surface area contributed by atoms with Gasteiger partial charge in [-0.15, -0.1) is 0 Å². The van der Waals surface area contributed by atoms with E-state index in [-0.39, 0.29) is 36.1 Å². The number of aliphatic hydroxyl groups is 1. The SMILES string of the molecule is CCN(C(=O)CN1CCC[C@H](O)C1)C1CCS(=O)(=O)C1. The van der Waals surface area contributed by atoms with Crippen molar-refractivity contribution in [1.29, 1.82) is 0 Å². The molecule has 7 heteroatoms. The Morgan fingerprint density at radius 3 is 2.70 bits per heavy atom.